The Kier molecular flexibility index (Phi) is 6.17. The summed E-state index contributed by atoms with van der Waals surface area (Å²) >= 11 is 1.27. The average Bonchev–Trinajstić information content (AvgIpc) is 3.23. The van der Waals surface area contributed by atoms with Crippen molar-refractivity contribution in [3.8, 4) is 10.6 Å². The minimum Gasteiger partial charge on any atom is -0.296 e. The van der Waals surface area contributed by atoms with E-state index in [-0.39, 0.29) is 4.90 Å². The lowest BCUT2D eigenvalue weighted by Crippen LogP contribution is -2.38. The highest BCUT2D eigenvalue weighted by Gasteiger charge is 2.29. The van der Waals surface area contributed by atoms with Crippen LogP contribution in [-0.4, -0.2) is 41.9 Å². The number of nitrogens with one attached hydrogen (secondary N) is 1. The lowest BCUT2D eigenvalue weighted by molar-refractivity contribution is 0.102. The third-order valence-corrected chi connectivity index (χ3v) is 8.28. The Morgan fingerprint density at radius 1 is 1.10 bits per heavy atom. The van der Waals surface area contributed by atoms with Crippen LogP contribution in [0.5, 0.6) is 0 Å². The fourth-order valence-corrected chi connectivity index (χ4v) is 5.76. The van der Waals surface area contributed by atoms with Gasteiger partial charge in [0.15, 0.2) is 0 Å². The predicted octanol–water partition coefficient (Wildman–Crippen LogP) is 4.19. The maximum Gasteiger partial charge on any atom is 0.257 e. The fourth-order valence-electron chi connectivity index (χ4n) is 3.52. The van der Waals surface area contributed by atoms with Gasteiger partial charge in [-0.3, -0.25) is 10.1 Å². The molecule has 162 valence electrons. The zero-order chi connectivity index (χ0) is 22.0. The van der Waals surface area contributed by atoms with Crippen molar-refractivity contribution in [1.82, 2.24) is 14.5 Å². The summed E-state index contributed by atoms with van der Waals surface area (Å²) in [5, 5.41) is 12.0. The smallest absolute Gasteiger partial charge is 0.257 e. The molecule has 1 saturated heterocycles. The van der Waals surface area contributed by atoms with Gasteiger partial charge >= 0.3 is 0 Å². The van der Waals surface area contributed by atoms with Gasteiger partial charge in [-0.15, -0.1) is 10.2 Å². The molecule has 9 heteroatoms. The van der Waals surface area contributed by atoms with Gasteiger partial charge in [-0.1, -0.05) is 54.7 Å². The second-order valence-corrected chi connectivity index (χ2v) is 10.7. The monoisotopic (exact) mass is 456 g/mol. The van der Waals surface area contributed by atoms with Gasteiger partial charge in [0.2, 0.25) is 15.2 Å². The molecule has 0 radical (unpaired) electrons. The van der Waals surface area contributed by atoms with Gasteiger partial charge in [0.25, 0.3) is 5.91 Å². The maximum atomic E-state index is 13.1. The van der Waals surface area contributed by atoms with E-state index < -0.39 is 15.9 Å². The summed E-state index contributed by atoms with van der Waals surface area (Å²) in [7, 11) is -3.64. The van der Waals surface area contributed by atoms with E-state index in [4.69, 9.17) is 0 Å². The number of anilines is 1. The fraction of sp³-hybridized carbons (Fsp3) is 0.318. The summed E-state index contributed by atoms with van der Waals surface area (Å²) in [5.41, 5.74) is 1.92. The first-order valence-electron chi connectivity index (χ1n) is 10.2. The molecule has 0 atom stereocenters. The highest BCUT2D eigenvalue weighted by atomic mass is 32.2. The van der Waals surface area contributed by atoms with E-state index in [1.54, 1.807) is 19.1 Å². The van der Waals surface area contributed by atoms with Gasteiger partial charge in [0.1, 0.15) is 5.01 Å². The second kappa shape index (κ2) is 8.86. The SMILES string of the molecule is Cc1ccc(S(=O)(=O)N2CCC(C)CC2)cc1C(=O)Nc1nnc(-c2ccccc2)s1. The largest absolute Gasteiger partial charge is 0.296 e. The molecule has 4 rings (SSSR count). The van der Waals surface area contributed by atoms with Crippen LogP contribution < -0.4 is 5.32 Å². The first kappa shape index (κ1) is 21.6. The van der Waals surface area contributed by atoms with E-state index in [1.807, 2.05) is 30.3 Å². The molecule has 0 unspecified atom stereocenters. The Bertz CT molecular complexity index is 1180. The van der Waals surface area contributed by atoms with Crippen molar-refractivity contribution in [3.05, 3.63) is 59.7 Å². The molecule has 3 aromatic rings. The number of carbonyl (C=O) groups is 1. The number of sulfonamides is 1. The van der Waals surface area contributed by atoms with Gasteiger partial charge < -0.3 is 0 Å². The normalized spacial score (nSPS) is 15.7. The van der Waals surface area contributed by atoms with Gasteiger partial charge in [0, 0.05) is 24.2 Å². The average molecular weight is 457 g/mol. The van der Waals surface area contributed by atoms with Crippen LogP contribution in [-0.2, 0) is 10.0 Å². The minimum absolute atomic E-state index is 0.139. The van der Waals surface area contributed by atoms with E-state index in [0.29, 0.717) is 40.3 Å². The van der Waals surface area contributed by atoms with Crippen molar-refractivity contribution in [1.29, 1.82) is 0 Å². The van der Waals surface area contributed by atoms with Crippen molar-refractivity contribution in [2.24, 2.45) is 5.92 Å². The molecule has 0 aliphatic carbocycles. The van der Waals surface area contributed by atoms with Crippen LogP contribution in [0.4, 0.5) is 5.13 Å². The molecule has 1 amide bonds. The molecule has 1 aromatic heterocycles. The van der Waals surface area contributed by atoms with Crippen molar-refractivity contribution in [2.75, 3.05) is 18.4 Å². The van der Waals surface area contributed by atoms with Crippen LogP contribution in [0.2, 0.25) is 0 Å². The number of aryl methyl sites for hydroxylation is 1. The van der Waals surface area contributed by atoms with Gasteiger partial charge in [-0.05, 0) is 43.4 Å². The molecule has 1 aliphatic rings. The Morgan fingerprint density at radius 3 is 2.52 bits per heavy atom. The second-order valence-electron chi connectivity index (χ2n) is 7.80. The maximum absolute atomic E-state index is 13.1. The molecule has 1 N–H and O–H groups in total. The molecule has 0 bridgehead atoms. The molecular formula is C22H24N4O3S2. The number of hydrogen-bond donors (Lipinski definition) is 1. The molecule has 31 heavy (non-hydrogen) atoms. The van der Waals surface area contributed by atoms with Crippen molar-refractivity contribution < 1.29 is 13.2 Å². The van der Waals surface area contributed by atoms with Crippen molar-refractivity contribution in [3.63, 3.8) is 0 Å². The molecule has 0 spiro atoms. The molecular weight excluding hydrogens is 432 g/mol. The van der Waals surface area contributed by atoms with Crippen LogP contribution in [0.3, 0.4) is 0 Å². The highest BCUT2D eigenvalue weighted by molar-refractivity contribution is 7.89. The van der Waals surface area contributed by atoms with Crippen LogP contribution in [0.15, 0.2) is 53.4 Å². The van der Waals surface area contributed by atoms with Gasteiger partial charge in [0.05, 0.1) is 4.90 Å². The summed E-state index contributed by atoms with van der Waals surface area (Å²) in [5.74, 6) is 0.121. The van der Waals surface area contributed by atoms with E-state index in [9.17, 15) is 13.2 Å². The summed E-state index contributed by atoms with van der Waals surface area (Å²) in [6.07, 6.45) is 1.69. The summed E-state index contributed by atoms with van der Waals surface area (Å²) in [6.45, 7) is 4.93. The van der Waals surface area contributed by atoms with E-state index in [0.717, 1.165) is 18.4 Å². The first-order valence-corrected chi connectivity index (χ1v) is 12.4. The molecule has 2 aromatic carbocycles. The Labute approximate surface area is 186 Å². The quantitative estimate of drug-likeness (QED) is 0.622. The summed E-state index contributed by atoms with van der Waals surface area (Å²) < 4.78 is 27.7. The number of hydrogen-bond acceptors (Lipinski definition) is 6. The molecule has 0 saturated carbocycles. The number of nitrogens with zero attached hydrogens (tertiary/aromatic N) is 3. The van der Waals surface area contributed by atoms with Crippen molar-refractivity contribution >= 4 is 32.4 Å². The summed E-state index contributed by atoms with van der Waals surface area (Å²) in [4.78, 5) is 13.0. The summed E-state index contributed by atoms with van der Waals surface area (Å²) in [6, 6.07) is 14.3. The molecule has 2 heterocycles. The number of amides is 1. The zero-order valence-electron chi connectivity index (χ0n) is 17.4. The van der Waals surface area contributed by atoms with E-state index in [1.165, 1.54) is 21.7 Å². The zero-order valence-corrected chi connectivity index (χ0v) is 19.0. The Morgan fingerprint density at radius 2 is 1.81 bits per heavy atom. The minimum atomic E-state index is -3.64. The molecule has 7 nitrogen and oxygen atoms in total. The number of carbonyl (C=O) groups excluding carboxylic acids is 1. The van der Waals surface area contributed by atoms with Gasteiger partial charge in [-0.25, -0.2) is 8.42 Å². The number of benzene rings is 2. The first-order chi connectivity index (χ1) is 14.8. The van der Waals surface area contributed by atoms with Gasteiger partial charge in [-0.2, -0.15) is 4.31 Å². The Hall–Kier alpha value is -2.62. The predicted molar refractivity (Wildman–Crippen MR) is 122 cm³/mol. The standard InChI is InChI=1S/C22H24N4O3S2/c1-15-10-12-26(13-11-15)31(28,29)18-9-8-16(2)19(14-18)20(27)23-22-25-24-21(30-22)17-6-4-3-5-7-17/h3-9,14-15H,10-13H2,1-2H3,(H,23,25,27). The van der Waals surface area contributed by atoms with E-state index >= 15 is 0 Å². The highest BCUT2D eigenvalue weighted by Crippen LogP contribution is 2.28. The molecule has 1 aliphatic heterocycles. The Balaban J connectivity index is 1.54. The lowest BCUT2D eigenvalue weighted by atomic mass is 10.0. The van der Waals surface area contributed by atoms with Crippen LogP contribution in [0, 0.1) is 12.8 Å². The lowest BCUT2D eigenvalue weighted by Gasteiger charge is -2.29. The van der Waals surface area contributed by atoms with Crippen molar-refractivity contribution in [2.45, 2.75) is 31.6 Å². The number of rotatable bonds is 5. The van der Waals surface area contributed by atoms with Crippen LogP contribution >= 0.6 is 11.3 Å². The molecule has 1 fully saturated rings. The van der Waals surface area contributed by atoms with Crippen LogP contribution in [0.25, 0.3) is 10.6 Å². The number of piperidine rings is 1. The van der Waals surface area contributed by atoms with Crippen LogP contribution in [0.1, 0.15) is 35.7 Å². The number of aromatic nitrogens is 2. The third kappa shape index (κ3) is 4.68. The topological polar surface area (TPSA) is 92.3 Å². The third-order valence-electron chi connectivity index (χ3n) is 5.50. The van der Waals surface area contributed by atoms with E-state index in [2.05, 4.69) is 22.4 Å².